The van der Waals surface area contributed by atoms with Crippen molar-refractivity contribution in [1.29, 1.82) is 5.26 Å². The molecule has 1 aromatic carbocycles. The lowest BCUT2D eigenvalue weighted by molar-refractivity contribution is 0.0771. The van der Waals surface area contributed by atoms with E-state index < -0.39 is 11.9 Å². The summed E-state index contributed by atoms with van der Waals surface area (Å²) in [4.78, 5) is 21.4. The molecule has 0 spiro atoms. The number of ether oxygens (including phenoxy) is 1. The van der Waals surface area contributed by atoms with Gasteiger partial charge in [-0.2, -0.15) is 10.4 Å². The third-order valence-electron chi connectivity index (χ3n) is 5.88. The van der Waals surface area contributed by atoms with Gasteiger partial charge in [0, 0.05) is 26.2 Å². The average molecular weight is 449 g/mol. The van der Waals surface area contributed by atoms with Crippen LogP contribution in [0.5, 0.6) is 0 Å². The highest BCUT2D eigenvalue weighted by molar-refractivity contribution is 5.96. The van der Waals surface area contributed by atoms with Crippen LogP contribution in [0.1, 0.15) is 33.4 Å². The lowest BCUT2D eigenvalue weighted by Crippen LogP contribution is -2.42. The summed E-state index contributed by atoms with van der Waals surface area (Å²) in [5.41, 5.74) is 8.02. The van der Waals surface area contributed by atoms with Crippen molar-refractivity contribution in [2.45, 2.75) is 12.6 Å². The molecule has 11 nitrogen and oxygen atoms in total. The molecule has 0 aliphatic carbocycles. The van der Waals surface area contributed by atoms with E-state index in [4.69, 9.17) is 10.5 Å². The predicted octanol–water partition coefficient (Wildman–Crippen LogP) is 1.03. The number of aryl methyl sites for hydroxylation is 1. The molecule has 2 bridgehead atoms. The Labute approximate surface area is 188 Å². The Bertz CT molecular complexity index is 1320. The van der Waals surface area contributed by atoms with E-state index in [2.05, 4.69) is 26.3 Å². The highest BCUT2D eigenvalue weighted by Crippen LogP contribution is 2.36. The molecule has 1 amide bonds. The zero-order valence-electron chi connectivity index (χ0n) is 18.0. The number of hydrogen-bond acceptors (Lipinski definition) is 9. The number of morpholine rings is 1. The van der Waals surface area contributed by atoms with Gasteiger partial charge in [0.2, 0.25) is 0 Å². The molecule has 33 heavy (non-hydrogen) atoms. The second-order valence-corrected chi connectivity index (χ2v) is 7.93. The number of nitrogen functional groups attached to an aromatic ring is 1. The van der Waals surface area contributed by atoms with Crippen LogP contribution in [-0.4, -0.2) is 62.6 Å². The van der Waals surface area contributed by atoms with Crippen LogP contribution < -0.4 is 10.6 Å². The summed E-state index contributed by atoms with van der Waals surface area (Å²) in [7, 11) is 3.25. The normalized spacial score (nSPS) is 17.9. The van der Waals surface area contributed by atoms with Crippen molar-refractivity contribution >= 4 is 17.5 Å². The van der Waals surface area contributed by atoms with Gasteiger partial charge in [-0.1, -0.05) is 0 Å². The van der Waals surface area contributed by atoms with Gasteiger partial charge in [0.25, 0.3) is 5.91 Å². The molecule has 12 heteroatoms. The zero-order valence-corrected chi connectivity index (χ0v) is 18.0. The van der Waals surface area contributed by atoms with Crippen LogP contribution in [0, 0.1) is 17.1 Å². The van der Waals surface area contributed by atoms with E-state index in [0.29, 0.717) is 41.4 Å². The Morgan fingerprint density at radius 1 is 1.30 bits per heavy atom. The maximum Gasteiger partial charge on any atom is 0.254 e. The Balaban J connectivity index is 1.81. The largest absolute Gasteiger partial charge is 0.379 e. The number of carbonyl (C=O) groups is 1. The fourth-order valence-electron chi connectivity index (χ4n) is 4.32. The molecular formula is C21H20FN9O2. The van der Waals surface area contributed by atoms with Gasteiger partial charge in [0.15, 0.2) is 17.5 Å². The number of fused-ring (bicyclic) bond motifs is 8. The third-order valence-corrected chi connectivity index (χ3v) is 5.88. The van der Waals surface area contributed by atoms with E-state index in [1.807, 2.05) is 4.90 Å². The fourth-order valence-corrected chi connectivity index (χ4v) is 4.32. The fraction of sp³-hybridized carbons (Fsp3) is 0.333. The molecule has 2 aromatic heterocycles. The number of nitrogens with zero attached hydrogens (tertiary/aromatic N) is 8. The van der Waals surface area contributed by atoms with E-state index in [-0.39, 0.29) is 36.4 Å². The Kier molecular flexibility index (Phi) is 4.90. The van der Waals surface area contributed by atoms with Gasteiger partial charge in [0.1, 0.15) is 17.6 Å². The minimum absolute atomic E-state index is 0.0769. The quantitative estimate of drug-likeness (QED) is 0.533. The number of hydrogen-bond donors (Lipinski definition) is 1. The Morgan fingerprint density at radius 3 is 2.91 bits per heavy atom. The van der Waals surface area contributed by atoms with Crippen molar-refractivity contribution in [2.24, 2.45) is 7.05 Å². The van der Waals surface area contributed by atoms with Gasteiger partial charge < -0.3 is 20.3 Å². The Hall–Kier alpha value is -4.11. The number of anilines is 2. The van der Waals surface area contributed by atoms with E-state index in [9.17, 15) is 14.4 Å². The van der Waals surface area contributed by atoms with Gasteiger partial charge in [-0.15, -0.1) is 10.2 Å². The molecule has 2 aliphatic rings. The first kappa shape index (κ1) is 20.8. The van der Waals surface area contributed by atoms with E-state index in [1.165, 1.54) is 27.8 Å². The molecule has 2 N–H and O–H groups in total. The SMILES string of the molecule is CN1Cc2nn(C)c(C#N)c2-c2nnc(N)c(n2)N2CCOC[C@@H]2c2cc(F)ccc2C1=O. The van der Waals surface area contributed by atoms with Crippen molar-refractivity contribution in [3.63, 3.8) is 0 Å². The number of benzene rings is 1. The average Bonchev–Trinajstić information content (AvgIpc) is 3.12. The first-order valence-electron chi connectivity index (χ1n) is 10.2. The first-order valence-corrected chi connectivity index (χ1v) is 10.2. The maximum absolute atomic E-state index is 14.3. The predicted molar refractivity (Wildman–Crippen MR) is 114 cm³/mol. The summed E-state index contributed by atoms with van der Waals surface area (Å²) < 4.78 is 21.4. The van der Waals surface area contributed by atoms with E-state index >= 15 is 0 Å². The molecule has 4 heterocycles. The van der Waals surface area contributed by atoms with Crippen LogP contribution in [0.25, 0.3) is 11.4 Å². The van der Waals surface area contributed by atoms with Crippen LogP contribution in [-0.2, 0) is 18.3 Å². The topological polar surface area (TPSA) is 139 Å². The summed E-state index contributed by atoms with van der Waals surface area (Å²) in [6.07, 6.45) is 0. The van der Waals surface area contributed by atoms with Crippen molar-refractivity contribution in [1.82, 2.24) is 29.9 Å². The van der Waals surface area contributed by atoms with Crippen molar-refractivity contribution in [3.8, 4) is 17.5 Å². The lowest BCUT2D eigenvalue weighted by Gasteiger charge is -2.38. The molecule has 168 valence electrons. The highest BCUT2D eigenvalue weighted by atomic mass is 19.1. The molecule has 2 aliphatic heterocycles. The first-order chi connectivity index (χ1) is 15.9. The number of aromatic nitrogens is 5. The molecular weight excluding hydrogens is 429 g/mol. The second-order valence-electron chi connectivity index (χ2n) is 7.93. The standard InChI is InChI=1S/C21H20FN9O2/c1-29-9-14-17(15(8-23)30(2)28-14)19-25-20(18(24)26-27-19)31-5-6-33-10-16(31)13-7-11(22)3-4-12(13)21(29)32/h3-4,7,16H,5-6,9-10H2,1-2H3,(H2,24,26)/t16-/m1/s1. The maximum atomic E-state index is 14.3. The second kappa shape index (κ2) is 7.79. The monoisotopic (exact) mass is 449 g/mol. The van der Waals surface area contributed by atoms with E-state index in [1.54, 1.807) is 14.1 Å². The lowest BCUT2D eigenvalue weighted by atomic mass is 9.97. The van der Waals surface area contributed by atoms with Crippen molar-refractivity contribution < 1.29 is 13.9 Å². The molecule has 0 unspecified atom stereocenters. The number of halogens is 1. The molecule has 1 fully saturated rings. The van der Waals surface area contributed by atoms with Crippen molar-refractivity contribution in [3.05, 3.63) is 46.5 Å². The summed E-state index contributed by atoms with van der Waals surface area (Å²) in [5, 5.41) is 22.4. The summed E-state index contributed by atoms with van der Waals surface area (Å²) >= 11 is 0. The molecule has 5 rings (SSSR count). The molecule has 0 radical (unpaired) electrons. The van der Waals surface area contributed by atoms with Gasteiger partial charge in [-0.3, -0.25) is 9.48 Å². The summed E-state index contributed by atoms with van der Waals surface area (Å²) in [6.45, 7) is 1.05. The van der Waals surface area contributed by atoms with Crippen LogP contribution >= 0.6 is 0 Å². The minimum Gasteiger partial charge on any atom is -0.379 e. The number of rotatable bonds is 0. The molecule has 1 atom stereocenters. The number of carbonyl (C=O) groups excluding carboxylic acids is 1. The van der Waals surface area contributed by atoms with Gasteiger partial charge in [-0.05, 0) is 23.8 Å². The van der Waals surface area contributed by atoms with Crippen LogP contribution in [0.3, 0.4) is 0 Å². The third kappa shape index (κ3) is 3.33. The summed E-state index contributed by atoms with van der Waals surface area (Å²) in [6, 6.07) is 5.65. The smallest absolute Gasteiger partial charge is 0.254 e. The number of nitrogens with two attached hydrogens (primary N) is 1. The number of nitriles is 1. The number of amides is 1. The highest BCUT2D eigenvalue weighted by Gasteiger charge is 2.34. The Morgan fingerprint density at radius 2 is 2.12 bits per heavy atom. The van der Waals surface area contributed by atoms with Gasteiger partial charge in [0.05, 0.1) is 37.1 Å². The van der Waals surface area contributed by atoms with Crippen LogP contribution in [0.4, 0.5) is 16.0 Å². The van der Waals surface area contributed by atoms with Gasteiger partial charge >= 0.3 is 0 Å². The van der Waals surface area contributed by atoms with Crippen molar-refractivity contribution in [2.75, 3.05) is 37.4 Å². The summed E-state index contributed by atoms with van der Waals surface area (Å²) in [5.74, 6) is -0.217. The van der Waals surface area contributed by atoms with Crippen LogP contribution in [0.15, 0.2) is 18.2 Å². The van der Waals surface area contributed by atoms with Crippen LogP contribution in [0.2, 0.25) is 0 Å². The minimum atomic E-state index is -0.531. The van der Waals surface area contributed by atoms with E-state index in [0.717, 1.165) is 0 Å². The zero-order chi connectivity index (χ0) is 23.3. The molecule has 1 saturated heterocycles. The van der Waals surface area contributed by atoms with Gasteiger partial charge in [-0.25, -0.2) is 9.37 Å². The molecule has 3 aromatic rings. The molecule has 0 saturated carbocycles.